The molecule has 2 rings (SSSR count). The van der Waals surface area contributed by atoms with Gasteiger partial charge in [-0.3, -0.25) is 0 Å². The Kier molecular flexibility index (Phi) is 3.72. The minimum Gasteiger partial charge on any atom is -0.496 e. The molecule has 0 saturated carbocycles. The summed E-state index contributed by atoms with van der Waals surface area (Å²) in [6.07, 6.45) is 0. The first kappa shape index (κ1) is 12.3. The highest BCUT2D eigenvalue weighted by atomic mass is 16.5. The van der Waals surface area contributed by atoms with E-state index in [0.29, 0.717) is 11.5 Å². The average Bonchev–Trinajstić information content (AvgIpc) is 2.46. The van der Waals surface area contributed by atoms with Crippen LogP contribution < -0.4 is 14.2 Å². The van der Waals surface area contributed by atoms with Gasteiger partial charge in [0.05, 0.1) is 26.9 Å². The molecule has 94 valence electrons. The summed E-state index contributed by atoms with van der Waals surface area (Å²) < 4.78 is 16.2. The molecule has 0 unspecified atom stereocenters. The maximum Gasteiger partial charge on any atom is 0.172 e. The topological polar surface area (TPSA) is 27.7 Å². The highest BCUT2D eigenvalue weighted by Crippen LogP contribution is 2.44. The highest BCUT2D eigenvalue weighted by Gasteiger charge is 2.16. The number of ether oxygens (including phenoxy) is 3. The van der Waals surface area contributed by atoms with E-state index in [4.69, 9.17) is 14.2 Å². The van der Waals surface area contributed by atoms with Crippen molar-refractivity contribution in [1.29, 1.82) is 0 Å². The van der Waals surface area contributed by atoms with E-state index < -0.39 is 0 Å². The van der Waals surface area contributed by atoms with Crippen molar-refractivity contribution in [1.82, 2.24) is 0 Å². The quantitative estimate of drug-likeness (QED) is 0.825. The molecule has 3 nitrogen and oxygen atoms in total. The molecule has 2 aromatic rings. The van der Waals surface area contributed by atoms with Crippen molar-refractivity contribution in [3.8, 4) is 28.4 Å². The first-order chi connectivity index (χ1) is 8.81. The lowest BCUT2D eigenvalue weighted by Crippen LogP contribution is -1.96. The summed E-state index contributed by atoms with van der Waals surface area (Å²) in [5, 5.41) is 0. The lowest BCUT2D eigenvalue weighted by atomic mass is 10.0. The van der Waals surface area contributed by atoms with Gasteiger partial charge in [0.15, 0.2) is 11.5 Å². The minimum absolute atomic E-state index is 0.683. The Morgan fingerprint density at radius 1 is 0.667 bits per heavy atom. The van der Waals surface area contributed by atoms with E-state index in [1.54, 1.807) is 21.3 Å². The van der Waals surface area contributed by atoms with Crippen LogP contribution in [0, 0.1) is 0 Å². The Morgan fingerprint density at radius 2 is 1.28 bits per heavy atom. The Labute approximate surface area is 107 Å². The second kappa shape index (κ2) is 5.45. The van der Waals surface area contributed by atoms with Crippen LogP contribution in [0.4, 0.5) is 0 Å². The van der Waals surface area contributed by atoms with Crippen molar-refractivity contribution < 1.29 is 14.2 Å². The molecule has 2 aromatic carbocycles. The first-order valence-electron chi connectivity index (χ1n) is 5.66. The van der Waals surface area contributed by atoms with Gasteiger partial charge in [-0.25, -0.2) is 0 Å². The maximum absolute atomic E-state index is 5.46. The third kappa shape index (κ3) is 2.12. The Balaban J connectivity index is 2.69. The van der Waals surface area contributed by atoms with Gasteiger partial charge < -0.3 is 14.2 Å². The summed E-state index contributed by atoms with van der Waals surface area (Å²) in [6.45, 7) is 0. The molecule has 18 heavy (non-hydrogen) atoms. The summed E-state index contributed by atoms with van der Waals surface area (Å²) >= 11 is 0. The Bertz CT molecular complexity index is 521. The molecule has 0 N–H and O–H groups in total. The fourth-order valence-electron chi connectivity index (χ4n) is 1.96. The van der Waals surface area contributed by atoms with Crippen LogP contribution in [0.15, 0.2) is 42.5 Å². The number of rotatable bonds is 4. The van der Waals surface area contributed by atoms with Crippen LogP contribution in [0.2, 0.25) is 0 Å². The van der Waals surface area contributed by atoms with E-state index in [1.807, 2.05) is 42.5 Å². The first-order valence-corrected chi connectivity index (χ1v) is 5.66. The van der Waals surface area contributed by atoms with Crippen molar-refractivity contribution in [2.75, 3.05) is 21.3 Å². The molecule has 0 bridgehead atoms. The largest absolute Gasteiger partial charge is 0.496 e. The van der Waals surface area contributed by atoms with Gasteiger partial charge in [0.25, 0.3) is 0 Å². The second-order valence-electron chi connectivity index (χ2n) is 3.74. The fourth-order valence-corrected chi connectivity index (χ4v) is 1.96. The van der Waals surface area contributed by atoms with Crippen molar-refractivity contribution in [2.24, 2.45) is 0 Å². The molecular formula is C15H16O3. The molecule has 0 spiro atoms. The maximum atomic E-state index is 5.46. The smallest absolute Gasteiger partial charge is 0.172 e. The van der Waals surface area contributed by atoms with Crippen LogP contribution in [0.25, 0.3) is 11.1 Å². The van der Waals surface area contributed by atoms with Crippen LogP contribution in [-0.2, 0) is 0 Å². The van der Waals surface area contributed by atoms with Gasteiger partial charge in [-0.1, -0.05) is 30.3 Å². The number of benzene rings is 2. The monoisotopic (exact) mass is 244 g/mol. The molecule has 0 aliphatic heterocycles. The fraction of sp³-hybridized carbons (Fsp3) is 0.200. The molecule has 0 saturated heterocycles. The summed E-state index contributed by atoms with van der Waals surface area (Å²) in [5.41, 5.74) is 1.94. The van der Waals surface area contributed by atoms with E-state index in [1.165, 1.54) is 0 Å². The third-order valence-corrected chi connectivity index (χ3v) is 2.79. The van der Waals surface area contributed by atoms with Crippen LogP contribution >= 0.6 is 0 Å². The van der Waals surface area contributed by atoms with Crippen molar-refractivity contribution in [3.05, 3.63) is 42.5 Å². The predicted molar refractivity (Wildman–Crippen MR) is 71.5 cm³/mol. The number of hydrogen-bond donors (Lipinski definition) is 0. The Hall–Kier alpha value is -2.16. The van der Waals surface area contributed by atoms with Gasteiger partial charge >= 0.3 is 0 Å². The third-order valence-electron chi connectivity index (χ3n) is 2.79. The summed E-state index contributed by atoms with van der Waals surface area (Å²) in [4.78, 5) is 0. The summed E-state index contributed by atoms with van der Waals surface area (Å²) in [6, 6.07) is 13.7. The van der Waals surface area contributed by atoms with Gasteiger partial charge in [-0.15, -0.1) is 0 Å². The second-order valence-corrected chi connectivity index (χ2v) is 3.74. The van der Waals surface area contributed by atoms with Crippen LogP contribution in [-0.4, -0.2) is 21.3 Å². The van der Waals surface area contributed by atoms with Gasteiger partial charge in [0, 0.05) is 0 Å². The lowest BCUT2D eigenvalue weighted by Gasteiger charge is -2.16. The average molecular weight is 244 g/mol. The lowest BCUT2D eigenvalue weighted by molar-refractivity contribution is 0.351. The van der Waals surface area contributed by atoms with Crippen molar-refractivity contribution >= 4 is 0 Å². The standard InChI is InChI=1S/C15H16O3/c1-16-12-9-10-13(17-2)15(18-3)14(12)11-7-5-4-6-8-11/h4-10H,1-3H3. The zero-order valence-corrected chi connectivity index (χ0v) is 10.8. The summed E-state index contributed by atoms with van der Waals surface area (Å²) in [5.74, 6) is 2.14. The molecule has 0 aromatic heterocycles. The van der Waals surface area contributed by atoms with E-state index in [9.17, 15) is 0 Å². The van der Waals surface area contributed by atoms with Gasteiger partial charge in [-0.2, -0.15) is 0 Å². The molecule has 0 fully saturated rings. The molecule has 0 amide bonds. The summed E-state index contributed by atoms with van der Waals surface area (Å²) in [7, 11) is 4.90. The zero-order valence-electron chi connectivity index (χ0n) is 10.8. The van der Waals surface area contributed by atoms with Crippen LogP contribution in [0.3, 0.4) is 0 Å². The van der Waals surface area contributed by atoms with Gasteiger partial charge in [-0.05, 0) is 17.7 Å². The molecular weight excluding hydrogens is 228 g/mol. The number of methoxy groups -OCH3 is 3. The van der Waals surface area contributed by atoms with Crippen molar-refractivity contribution in [3.63, 3.8) is 0 Å². The van der Waals surface area contributed by atoms with E-state index in [0.717, 1.165) is 16.9 Å². The van der Waals surface area contributed by atoms with Crippen LogP contribution in [0.1, 0.15) is 0 Å². The molecule has 0 atom stereocenters. The Morgan fingerprint density at radius 3 is 1.83 bits per heavy atom. The van der Waals surface area contributed by atoms with Gasteiger partial charge in [0.1, 0.15) is 5.75 Å². The molecule has 0 heterocycles. The molecule has 0 radical (unpaired) electrons. The van der Waals surface area contributed by atoms with Gasteiger partial charge in [0.2, 0.25) is 0 Å². The van der Waals surface area contributed by atoms with E-state index in [2.05, 4.69) is 0 Å². The zero-order chi connectivity index (χ0) is 13.0. The van der Waals surface area contributed by atoms with Crippen LogP contribution in [0.5, 0.6) is 17.2 Å². The highest BCUT2D eigenvalue weighted by molar-refractivity contribution is 5.79. The SMILES string of the molecule is COc1ccc(OC)c(-c2ccccc2)c1OC. The molecule has 0 aliphatic carbocycles. The molecule has 0 aliphatic rings. The van der Waals surface area contributed by atoms with E-state index in [-0.39, 0.29) is 0 Å². The number of hydrogen-bond acceptors (Lipinski definition) is 3. The predicted octanol–water partition coefficient (Wildman–Crippen LogP) is 3.38. The normalized spacial score (nSPS) is 9.94. The van der Waals surface area contributed by atoms with Crippen molar-refractivity contribution in [2.45, 2.75) is 0 Å². The molecule has 3 heteroatoms. The van der Waals surface area contributed by atoms with E-state index >= 15 is 0 Å². The minimum atomic E-state index is 0.683.